The third kappa shape index (κ3) is 4.80. The number of hydrogen-bond acceptors (Lipinski definition) is 5. The van der Waals surface area contributed by atoms with E-state index in [1.54, 1.807) is 6.92 Å². The van der Waals surface area contributed by atoms with Crippen LogP contribution in [-0.2, 0) is 9.53 Å². The number of hydrogen-bond donors (Lipinski definition) is 1. The highest BCUT2D eigenvalue weighted by atomic mass is 32.1. The van der Waals surface area contributed by atoms with Crippen molar-refractivity contribution in [3.05, 3.63) is 76.8 Å². The summed E-state index contributed by atoms with van der Waals surface area (Å²) >= 11 is 1.27. The van der Waals surface area contributed by atoms with Crippen LogP contribution >= 0.6 is 11.3 Å². The number of ether oxygens (including phenoxy) is 1. The molecule has 3 aromatic rings. The minimum atomic E-state index is -0.533. The number of aryl methyl sites for hydroxylation is 1. The van der Waals surface area contributed by atoms with Crippen molar-refractivity contribution in [2.24, 2.45) is 0 Å². The normalized spacial score (nSPS) is 11.6. The van der Waals surface area contributed by atoms with Gasteiger partial charge in [0.05, 0.1) is 11.7 Å². The maximum atomic E-state index is 12.3. The van der Waals surface area contributed by atoms with Gasteiger partial charge in [0.1, 0.15) is 9.88 Å². The minimum Gasteiger partial charge on any atom is -0.451 e. The molecule has 0 aliphatic rings. The molecule has 5 nitrogen and oxygen atoms in total. The second-order valence-electron chi connectivity index (χ2n) is 6.08. The number of thiazole rings is 1. The molecule has 0 spiro atoms. The van der Waals surface area contributed by atoms with E-state index in [2.05, 4.69) is 10.3 Å². The van der Waals surface area contributed by atoms with Crippen LogP contribution in [0.3, 0.4) is 0 Å². The van der Waals surface area contributed by atoms with Crippen LogP contribution in [0.1, 0.15) is 33.9 Å². The molecule has 1 atom stereocenters. The van der Waals surface area contributed by atoms with Crippen LogP contribution in [0.15, 0.2) is 60.7 Å². The van der Waals surface area contributed by atoms with Crippen LogP contribution < -0.4 is 5.32 Å². The van der Waals surface area contributed by atoms with Gasteiger partial charge in [-0.05, 0) is 19.4 Å². The van der Waals surface area contributed by atoms with Crippen LogP contribution in [0.5, 0.6) is 0 Å². The average molecular weight is 380 g/mol. The van der Waals surface area contributed by atoms with Gasteiger partial charge in [-0.15, -0.1) is 11.3 Å². The molecule has 138 valence electrons. The maximum Gasteiger partial charge on any atom is 0.350 e. The molecule has 1 aromatic heterocycles. The number of carbonyl (C=O) groups excluding carboxylic acids is 2. The van der Waals surface area contributed by atoms with Gasteiger partial charge in [0.2, 0.25) is 0 Å². The molecular weight excluding hydrogens is 360 g/mol. The number of benzene rings is 2. The van der Waals surface area contributed by atoms with Crippen molar-refractivity contribution in [1.82, 2.24) is 10.3 Å². The Morgan fingerprint density at radius 2 is 1.70 bits per heavy atom. The van der Waals surface area contributed by atoms with Gasteiger partial charge in [-0.1, -0.05) is 60.7 Å². The number of carbonyl (C=O) groups is 2. The van der Waals surface area contributed by atoms with Crippen LogP contribution in [0.4, 0.5) is 0 Å². The summed E-state index contributed by atoms with van der Waals surface area (Å²) in [4.78, 5) is 29.3. The molecular formula is C21H20N2O3S. The van der Waals surface area contributed by atoms with Gasteiger partial charge in [0.15, 0.2) is 6.61 Å². The Kier molecular flexibility index (Phi) is 5.98. The van der Waals surface area contributed by atoms with E-state index in [1.807, 2.05) is 67.6 Å². The number of amides is 1. The monoisotopic (exact) mass is 380 g/mol. The van der Waals surface area contributed by atoms with Crippen LogP contribution in [-0.4, -0.2) is 23.5 Å². The van der Waals surface area contributed by atoms with Gasteiger partial charge >= 0.3 is 5.97 Å². The Morgan fingerprint density at radius 1 is 1.07 bits per heavy atom. The van der Waals surface area contributed by atoms with Gasteiger partial charge in [-0.3, -0.25) is 4.79 Å². The van der Waals surface area contributed by atoms with E-state index in [4.69, 9.17) is 4.74 Å². The summed E-state index contributed by atoms with van der Waals surface area (Å²) in [6, 6.07) is 19.1. The van der Waals surface area contributed by atoms with Crippen molar-refractivity contribution < 1.29 is 14.3 Å². The van der Waals surface area contributed by atoms with E-state index in [1.165, 1.54) is 11.3 Å². The lowest BCUT2D eigenvalue weighted by Gasteiger charge is -2.14. The van der Waals surface area contributed by atoms with E-state index in [0.29, 0.717) is 10.6 Å². The number of nitrogens with zero attached hydrogens (tertiary/aromatic N) is 1. The smallest absolute Gasteiger partial charge is 0.350 e. The van der Waals surface area contributed by atoms with E-state index in [-0.39, 0.29) is 18.6 Å². The van der Waals surface area contributed by atoms with Crippen molar-refractivity contribution in [3.63, 3.8) is 0 Å². The molecule has 0 radical (unpaired) electrons. The fourth-order valence-electron chi connectivity index (χ4n) is 2.59. The second kappa shape index (κ2) is 8.60. The Labute approximate surface area is 162 Å². The fraction of sp³-hybridized carbons (Fsp3) is 0.190. The molecule has 0 saturated carbocycles. The quantitative estimate of drug-likeness (QED) is 0.652. The number of esters is 1. The average Bonchev–Trinajstić information content (AvgIpc) is 3.09. The summed E-state index contributed by atoms with van der Waals surface area (Å²) in [5, 5.41) is 3.57. The lowest BCUT2D eigenvalue weighted by molar-refractivity contribution is -0.124. The molecule has 0 bridgehead atoms. The highest BCUT2D eigenvalue weighted by Gasteiger charge is 2.19. The third-order valence-electron chi connectivity index (χ3n) is 4.01. The summed E-state index contributed by atoms with van der Waals surface area (Å²) in [6.45, 7) is 3.32. The first-order chi connectivity index (χ1) is 13.0. The number of aromatic nitrogens is 1. The van der Waals surface area contributed by atoms with Crippen LogP contribution in [0.25, 0.3) is 10.6 Å². The van der Waals surface area contributed by atoms with Gasteiger partial charge in [-0.2, -0.15) is 0 Å². The molecule has 27 heavy (non-hydrogen) atoms. The summed E-state index contributed by atoms with van der Waals surface area (Å²) in [6.07, 6.45) is 0. The molecule has 0 saturated heterocycles. The van der Waals surface area contributed by atoms with Gasteiger partial charge in [0.25, 0.3) is 5.91 Å². The van der Waals surface area contributed by atoms with Gasteiger partial charge in [-0.25, -0.2) is 9.78 Å². The predicted molar refractivity (Wildman–Crippen MR) is 106 cm³/mol. The molecule has 2 aromatic carbocycles. The SMILES string of the molecule is Cc1nc(-c2ccccc2)sc1C(=O)OCC(=O)N[C@@H](C)c1ccccc1. The fourth-order valence-corrected chi connectivity index (χ4v) is 3.56. The first kappa shape index (κ1) is 18.8. The minimum absolute atomic E-state index is 0.160. The highest BCUT2D eigenvalue weighted by molar-refractivity contribution is 7.17. The molecule has 0 aliphatic carbocycles. The molecule has 3 rings (SSSR count). The summed E-state index contributed by atoms with van der Waals surface area (Å²) in [7, 11) is 0. The first-order valence-corrected chi connectivity index (χ1v) is 9.40. The molecule has 1 amide bonds. The molecule has 0 aliphatic heterocycles. The Hall–Kier alpha value is -2.99. The van der Waals surface area contributed by atoms with Gasteiger partial charge in [0, 0.05) is 5.56 Å². The second-order valence-corrected chi connectivity index (χ2v) is 7.07. The third-order valence-corrected chi connectivity index (χ3v) is 5.20. The van der Waals surface area contributed by atoms with E-state index in [0.717, 1.165) is 16.1 Å². The Morgan fingerprint density at radius 3 is 2.37 bits per heavy atom. The topological polar surface area (TPSA) is 68.3 Å². The van der Waals surface area contributed by atoms with Crippen molar-refractivity contribution >= 4 is 23.2 Å². The summed E-state index contributed by atoms with van der Waals surface area (Å²) in [5.74, 6) is -0.875. The Bertz CT molecular complexity index is 923. The van der Waals surface area contributed by atoms with Crippen LogP contribution in [0, 0.1) is 6.92 Å². The largest absolute Gasteiger partial charge is 0.451 e. The standard InChI is InChI=1S/C21H20N2O3S/c1-14(16-9-5-3-6-10-16)22-18(24)13-26-21(25)19-15(2)23-20(27-19)17-11-7-4-8-12-17/h3-12,14H,13H2,1-2H3,(H,22,24)/t14-/m0/s1. The van der Waals surface area contributed by atoms with E-state index >= 15 is 0 Å². The maximum absolute atomic E-state index is 12.3. The number of rotatable bonds is 6. The van der Waals surface area contributed by atoms with Crippen molar-refractivity contribution in [1.29, 1.82) is 0 Å². The molecule has 0 unspecified atom stereocenters. The zero-order valence-electron chi connectivity index (χ0n) is 15.1. The predicted octanol–water partition coefficient (Wildman–Crippen LogP) is 4.15. The van der Waals surface area contributed by atoms with E-state index in [9.17, 15) is 9.59 Å². The van der Waals surface area contributed by atoms with Crippen molar-refractivity contribution in [2.45, 2.75) is 19.9 Å². The van der Waals surface area contributed by atoms with Crippen LogP contribution in [0.2, 0.25) is 0 Å². The van der Waals surface area contributed by atoms with Gasteiger partial charge < -0.3 is 10.1 Å². The first-order valence-electron chi connectivity index (χ1n) is 8.59. The zero-order valence-corrected chi connectivity index (χ0v) is 16.0. The number of nitrogens with one attached hydrogen (secondary N) is 1. The molecule has 1 heterocycles. The Balaban J connectivity index is 1.58. The molecule has 6 heteroatoms. The van der Waals surface area contributed by atoms with Crippen molar-refractivity contribution in [3.8, 4) is 10.6 Å². The highest BCUT2D eigenvalue weighted by Crippen LogP contribution is 2.28. The molecule has 1 N–H and O–H groups in total. The van der Waals surface area contributed by atoms with E-state index < -0.39 is 5.97 Å². The van der Waals surface area contributed by atoms with Crippen molar-refractivity contribution in [2.75, 3.05) is 6.61 Å². The molecule has 0 fully saturated rings. The lowest BCUT2D eigenvalue weighted by Crippen LogP contribution is -2.31. The summed E-state index contributed by atoms with van der Waals surface area (Å²) in [5.41, 5.74) is 2.53. The zero-order chi connectivity index (χ0) is 19.2. The summed E-state index contributed by atoms with van der Waals surface area (Å²) < 4.78 is 5.18. The lowest BCUT2D eigenvalue weighted by atomic mass is 10.1.